The van der Waals surface area contributed by atoms with Crippen molar-refractivity contribution in [2.45, 2.75) is 42.7 Å². The maximum atomic E-state index is 11.8. The summed E-state index contributed by atoms with van der Waals surface area (Å²) in [5.41, 5.74) is 2.04. The van der Waals surface area contributed by atoms with Gasteiger partial charge in [-0.25, -0.2) is 0 Å². The first-order valence-electron chi connectivity index (χ1n) is 7.82. The average Bonchev–Trinajstić information content (AvgIpc) is 3.06. The molecule has 3 unspecified atom stereocenters. The lowest BCUT2D eigenvalue weighted by molar-refractivity contribution is 0.309. The molecule has 0 amide bonds. The molecule has 1 aromatic rings. The third-order valence-corrected chi connectivity index (χ3v) is 6.41. The van der Waals surface area contributed by atoms with Crippen molar-refractivity contribution < 1.29 is 8.76 Å². The molecule has 0 saturated carbocycles. The minimum Gasteiger partial charge on any atom is -0.768 e. The second-order valence-corrected chi connectivity index (χ2v) is 8.19. The molecule has 22 heavy (non-hydrogen) atoms. The van der Waals surface area contributed by atoms with E-state index in [-0.39, 0.29) is 6.04 Å². The summed E-state index contributed by atoms with van der Waals surface area (Å²) < 4.78 is 24.6. The highest BCUT2D eigenvalue weighted by Crippen LogP contribution is 2.41. The summed E-state index contributed by atoms with van der Waals surface area (Å²) in [5, 5.41) is 0. The van der Waals surface area contributed by atoms with E-state index >= 15 is 0 Å². The first-order valence-corrected chi connectivity index (χ1v) is 9.69. The van der Waals surface area contributed by atoms with Gasteiger partial charge in [0, 0.05) is 21.5 Å². The fourth-order valence-corrected chi connectivity index (χ4v) is 5.40. The van der Waals surface area contributed by atoms with E-state index in [0.29, 0.717) is 10.9 Å². The summed E-state index contributed by atoms with van der Waals surface area (Å²) in [4.78, 5) is 5.02. The molecule has 0 bridgehead atoms. The zero-order chi connectivity index (χ0) is 15.9. The normalized spacial score (nSPS) is 28.4. The molecular weight excluding hydrogens is 364 g/mol. The molecule has 2 aliphatic rings. The standard InChI is InChI=1S/C16H23BrN2O2S/c1-18-7-3-5-13(18)11-9-12(17)16(15(10-11)22(20)21)14-6-4-8-19(14)2/h9-10,13-14H,3-8H2,1-2H3,(H,20,21)/p-1. The first kappa shape index (κ1) is 16.6. The van der Waals surface area contributed by atoms with E-state index in [9.17, 15) is 8.76 Å². The number of rotatable bonds is 3. The van der Waals surface area contributed by atoms with Crippen LogP contribution < -0.4 is 0 Å². The Hall–Kier alpha value is -0.270. The van der Waals surface area contributed by atoms with Crippen LogP contribution in [0.5, 0.6) is 0 Å². The van der Waals surface area contributed by atoms with Gasteiger partial charge in [0.2, 0.25) is 0 Å². The molecule has 6 heteroatoms. The second-order valence-electron chi connectivity index (χ2n) is 6.43. The van der Waals surface area contributed by atoms with E-state index in [1.807, 2.05) is 6.07 Å². The number of nitrogens with zero attached hydrogens (tertiary/aromatic N) is 2. The van der Waals surface area contributed by atoms with E-state index in [4.69, 9.17) is 0 Å². The molecular formula is C16H22BrN2O2S-. The Labute approximate surface area is 143 Å². The molecule has 2 aliphatic heterocycles. The Bertz CT molecular complexity index is 596. The van der Waals surface area contributed by atoms with Crippen LogP contribution in [0.25, 0.3) is 0 Å². The third kappa shape index (κ3) is 3.04. The monoisotopic (exact) mass is 385 g/mol. The maximum Gasteiger partial charge on any atom is 0.0368 e. The molecule has 3 rings (SSSR count). The number of hydrogen-bond acceptors (Lipinski definition) is 4. The van der Waals surface area contributed by atoms with Crippen molar-refractivity contribution in [3.63, 3.8) is 0 Å². The molecule has 0 aliphatic carbocycles. The Kier molecular flexibility index (Phi) is 5.04. The molecule has 0 N–H and O–H groups in total. The Balaban J connectivity index is 2.05. The zero-order valence-electron chi connectivity index (χ0n) is 13.0. The summed E-state index contributed by atoms with van der Waals surface area (Å²) in [6.07, 6.45) is 4.39. The van der Waals surface area contributed by atoms with Gasteiger partial charge in [-0.15, -0.1) is 0 Å². The van der Waals surface area contributed by atoms with E-state index < -0.39 is 11.1 Å². The van der Waals surface area contributed by atoms with Crippen LogP contribution in [0.4, 0.5) is 0 Å². The summed E-state index contributed by atoms with van der Waals surface area (Å²) in [5.74, 6) is 0. The lowest BCUT2D eigenvalue weighted by Crippen LogP contribution is -2.21. The predicted molar refractivity (Wildman–Crippen MR) is 90.5 cm³/mol. The first-order chi connectivity index (χ1) is 10.5. The van der Waals surface area contributed by atoms with E-state index in [1.54, 1.807) is 0 Å². The molecule has 2 heterocycles. The number of likely N-dealkylation sites (tertiary alicyclic amines) is 2. The lowest BCUT2D eigenvalue weighted by Gasteiger charge is -2.27. The highest BCUT2D eigenvalue weighted by atomic mass is 79.9. The van der Waals surface area contributed by atoms with Crippen LogP contribution in [-0.2, 0) is 11.1 Å². The quantitative estimate of drug-likeness (QED) is 0.749. The van der Waals surface area contributed by atoms with Crippen molar-refractivity contribution in [1.29, 1.82) is 0 Å². The van der Waals surface area contributed by atoms with Crippen molar-refractivity contribution >= 4 is 27.0 Å². The topological polar surface area (TPSA) is 46.6 Å². The van der Waals surface area contributed by atoms with Crippen LogP contribution in [0.3, 0.4) is 0 Å². The second kappa shape index (κ2) is 6.69. The molecule has 2 saturated heterocycles. The Morgan fingerprint density at radius 3 is 2.23 bits per heavy atom. The zero-order valence-corrected chi connectivity index (χ0v) is 15.5. The van der Waals surface area contributed by atoms with Crippen molar-refractivity contribution in [2.75, 3.05) is 27.2 Å². The van der Waals surface area contributed by atoms with Gasteiger partial charge in [-0.05, 0) is 87.2 Å². The molecule has 4 nitrogen and oxygen atoms in total. The molecule has 122 valence electrons. The number of benzene rings is 1. The van der Waals surface area contributed by atoms with Gasteiger partial charge in [-0.1, -0.05) is 15.9 Å². The third-order valence-electron chi connectivity index (χ3n) is 5.05. The van der Waals surface area contributed by atoms with Gasteiger partial charge < -0.3 is 4.55 Å². The van der Waals surface area contributed by atoms with Crippen molar-refractivity contribution in [1.82, 2.24) is 9.80 Å². The van der Waals surface area contributed by atoms with Crippen molar-refractivity contribution in [2.24, 2.45) is 0 Å². The van der Waals surface area contributed by atoms with Crippen LogP contribution in [0.1, 0.15) is 48.9 Å². The smallest absolute Gasteiger partial charge is 0.0368 e. The minimum atomic E-state index is -2.21. The van der Waals surface area contributed by atoms with Gasteiger partial charge in [0.25, 0.3) is 0 Å². The van der Waals surface area contributed by atoms with E-state index in [2.05, 4.69) is 45.9 Å². The lowest BCUT2D eigenvalue weighted by atomic mass is 9.98. The van der Waals surface area contributed by atoms with Crippen molar-refractivity contribution in [3.05, 3.63) is 27.7 Å². The summed E-state index contributed by atoms with van der Waals surface area (Å²) in [7, 11) is 4.18. The van der Waals surface area contributed by atoms with E-state index in [0.717, 1.165) is 48.0 Å². The Morgan fingerprint density at radius 1 is 1.14 bits per heavy atom. The van der Waals surface area contributed by atoms with Crippen LogP contribution in [-0.4, -0.2) is 45.7 Å². The van der Waals surface area contributed by atoms with Crippen LogP contribution in [0.15, 0.2) is 21.5 Å². The maximum absolute atomic E-state index is 11.8. The molecule has 0 radical (unpaired) electrons. The van der Waals surface area contributed by atoms with Gasteiger partial charge in [0.05, 0.1) is 0 Å². The van der Waals surface area contributed by atoms with Crippen LogP contribution in [0.2, 0.25) is 0 Å². The van der Waals surface area contributed by atoms with Gasteiger partial charge in [-0.3, -0.25) is 14.0 Å². The van der Waals surface area contributed by atoms with Crippen molar-refractivity contribution in [3.8, 4) is 0 Å². The minimum absolute atomic E-state index is 0.192. The summed E-state index contributed by atoms with van der Waals surface area (Å²) in [6.45, 7) is 2.10. The van der Waals surface area contributed by atoms with E-state index in [1.165, 1.54) is 6.42 Å². The number of halogens is 1. The molecule has 1 aromatic carbocycles. The largest absolute Gasteiger partial charge is 0.768 e. The Morgan fingerprint density at radius 2 is 1.73 bits per heavy atom. The van der Waals surface area contributed by atoms with Gasteiger partial charge in [-0.2, -0.15) is 0 Å². The van der Waals surface area contributed by atoms with Gasteiger partial charge in [0.15, 0.2) is 0 Å². The summed E-state index contributed by atoms with van der Waals surface area (Å²) >= 11 is 1.44. The molecule has 3 atom stereocenters. The highest BCUT2D eigenvalue weighted by Gasteiger charge is 2.29. The fraction of sp³-hybridized carbons (Fsp3) is 0.625. The SMILES string of the molecule is CN1CCCC1c1cc(Br)c(C2CCCN2C)c(S(=O)[O-])c1. The van der Waals surface area contributed by atoms with Gasteiger partial charge in [0.1, 0.15) is 0 Å². The fourth-order valence-electron chi connectivity index (χ4n) is 3.87. The molecule has 0 aromatic heterocycles. The van der Waals surface area contributed by atoms with Crippen LogP contribution in [0, 0.1) is 0 Å². The predicted octanol–water partition coefficient (Wildman–Crippen LogP) is 3.22. The highest BCUT2D eigenvalue weighted by molar-refractivity contribution is 9.10. The number of hydrogen-bond donors (Lipinski definition) is 0. The van der Waals surface area contributed by atoms with Crippen LogP contribution >= 0.6 is 15.9 Å². The molecule has 2 fully saturated rings. The average molecular weight is 386 g/mol. The summed E-state index contributed by atoms with van der Waals surface area (Å²) in [6, 6.07) is 4.54. The molecule has 0 spiro atoms. The van der Waals surface area contributed by atoms with Gasteiger partial charge >= 0.3 is 0 Å².